The molecule has 0 aliphatic rings. The summed E-state index contributed by atoms with van der Waals surface area (Å²) in [4.78, 5) is 23.9. The number of rotatable bonds is 9. The molecule has 0 aliphatic heterocycles. The van der Waals surface area contributed by atoms with Crippen molar-refractivity contribution in [3.05, 3.63) is 174 Å². The Morgan fingerprint density at radius 3 is 1.73 bits per heavy atom. The third-order valence-electron chi connectivity index (χ3n) is 14.1. The van der Waals surface area contributed by atoms with Crippen molar-refractivity contribution in [2.24, 2.45) is 0 Å². The van der Waals surface area contributed by atoms with Crippen LogP contribution in [0.15, 0.2) is 138 Å². The first kappa shape index (κ1) is 60.2. The Labute approximate surface area is 482 Å². The van der Waals surface area contributed by atoms with Crippen molar-refractivity contribution < 1.29 is 55.3 Å². The number of benzene rings is 6. The number of nitrogens with zero attached hydrogens (tertiary/aromatic N) is 6. The summed E-state index contributed by atoms with van der Waals surface area (Å²) < 4.78 is 99.4. The van der Waals surface area contributed by atoms with Crippen LogP contribution in [0.1, 0.15) is 109 Å². The van der Waals surface area contributed by atoms with Crippen LogP contribution in [-0.2, 0) is 36.6 Å². The molecule has 0 saturated carbocycles. The zero-order valence-electron chi connectivity index (χ0n) is 47.4. The van der Waals surface area contributed by atoms with Crippen LogP contribution in [0.25, 0.3) is 83.8 Å². The molecule has 0 saturated heterocycles. The van der Waals surface area contributed by atoms with Crippen molar-refractivity contribution >= 4 is 46.2 Å². The predicted molar refractivity (Wildman–Crippen MR) is 309 cm³/mol. The number of hydrogen-bond donors (Lipinski definition) is 0. The van der Waals surface area contributed by atoms with Crippen molar-refractivity contribution in [1.82, 2.24) is 29.5 Å². The van der Waals surface area contributed by atoms with E-state index in [1.807, 2.05) is 6.07 Å². The quantitative estimate of drug-likeness (QED) is 0.0813. The van der Waals surface area contributed by atoms with Crippen LogP contribution in [0.2, 0.25) is 19.6 Å². The first-order valence-corrected chi connectivity index (χ1v) is 30.0. The van der Waals surface area contributed by atoms with Gasteiger partial charge in [-0.05, 0) is 76.2 Å². The third kappa shape index (κ3) is 11.8. The summed E-state index contributed by atoms with van der Waals surface area (Å²) in [6, 6.07) is 45.7. The molecule has 0 bridgehead atoms. The van der Waals surface area contributed by atoms with Gasteiger partial charge in [0.15, 0.2) is 5.82 Å². The zero-order valence-corrected chi connectivity index (χ0v) is 50.8. The normalized spacial score (nSPS) is 12.8. The van der Waals surface area contributed by atoms with E-state index in [9.17, 15) is 30.7 Å². The summed E-state index contributed by atoms with van der Waals surface area (Å²) in [6.07, 6.45) is -11.6. The molecule has 6 aromatic carbocycles. The Balaban J connectivity index is 0.000000314. The first-order chi connectivity index (χ1) is 37.4. The average molecular weight is 1300 g/mol. The fraction of sp³-hybridized carbons (Fsp3) is 0.308. The topological polar surface area (TPSA) is 82.5 Å². The summed E-state index contributed by atoms with van der Waals surface area (Å²) in [7, 11) is -1.42. The van der Waals surface area contributed by atoms with Crippen LogP contribution in [0, 0.1) is 12.1 Å². The summed E-state index contributed by atoms with van der Waals surface area (Å²) in [6.45, 7) is 29.2. The van der Waals surface area contributed by atoms with Gasteiger partial charge in [-0.25, -0.2) is 19.3 Å². The Kier molecular flexibility index (Phi) is 16.5. The van der Waals surface area contributed by atoms with Gasteiger partial charge in [-0.3, -0.25) is 4.98 Å². The second kappa shape index (κ2) is 22.1. The molecule has 0 amide bonds. The molecule has 423 valence electrons. The minimum Gasteiger partial charge on any atom is -0.501 e. The van der Waals surface area contributed by atoms with E-state index < -0.39 is 31.7 Å². The molecule has 0 atom stereocenters. The van der Waals surface area contributed by atoms with E-state index >= 15 is 0 Å². The predicted octanol–water partition coefficient (Wildman–Crippen LogP) is 18.1. The number of alkyl halides is 7. The monoisotopic (exact) mass is 1300 g/mol. The van der Waals surface area contributed by atoms with Crippen molar-refractivity contribution in [1.29, 1.82) is 0 Å². The van der Waals surface area contributed by atoms with Gasteiger partial charge in [0.1, 0.15) is 17.2 Å². The van der Waals surface area contributed by atoms with E-state index in [1.165, 1.54) is 51.3 Å². The summed E-state index contributed by atoms with van der Waals surface area (Å²) >= 11 is 0. The number of para-hydroxylation sites is 2. The summed E-state index contributed by atoms with van der Waals surface area (Å²) in [5.41, 5.74) is 3.84. The van der Waals surface area contributed by atoms with Gasteiger partial charge in [0.05, 0.1) is 30.5 Å². The van der Waals surface area contributed by atoms with Gasteiger partial charge in [-0.2, -0.15) is 26.3 Å². The molecule has 4 heterocycles. The molecule has 0 fully saturated rings. The van der Waals surface area contributed by atoms with Gasteiger partial charge < -0.3 is 14.0 Å². The van der Waals surface area contributed by atoms with E-state index in [1.54, 1.807) is 6.07 Å². The molecule has 4 aromatic heterocycles. The molecule has 0 spiro atoms. The molecule has 1 radical (unpaired) electrons. The van der Waals surface area contributed by atoms with Gasteiger partial charge in [0, 0.05) is 59.3 Å². The van der Waals surface area contributed by atoms with Gasteiger partial charge >= 0.3 is 18.0 Å². The van der Waals surface area contributed by atoms with Crippen LogP contribution >= 0.6 is 0 Å². The average Bonchev–Trinajstić information content (AvgIpc) is 3.99. The van der Waals surface area contributed by atoms with Crippen molar-refractivity contribution in [2.45, 2.75) is 130 Å². The molecule has 10 aromatic rings. The molecule has 0 aliphatic carbocycles. The van der Waals surface area contributed by atoms with Crippen LogP contribution in [0.3, 0.4) is 0 Å². The number of pyridine rings is 1. The fourth-order valence-corrected chi connectivity index (χ4v) is 10.8. The maximum Gasteiger partial charge on any atom is 0.435 e. The number of halogens is 7. The number of imidazole rings is 1. The van der Waals surface area contributed by atoms with E-state index in [-0.39, 0.29) is 54.0 Å². The molecular weight excluding hydrogens is 1230 g/mol. The second-order valence-electron chi connectivity index (χ2n) is 24.0. The molecule has 81 heavy (non-hydrogen) atoms. The number of fused-ring (bicyclic) bond motifs is 4. The first-order valence-electron chi connectivity index (χ1n) is 26.5. The van der Waals surface area contributed by atoms with Crippen LogP contribution in [0.5, 0.6) is 0 Å². The van der Waals surface area contributed by atoms with Crippen molar-refractivity contribution in [2.75, 3.05) is 0 Å². The Morgan fingerprint density at radius 1 is 0.580 bits per heavy atom. The van der Waals surface area contributed by atoms with Gasteiger partial charge in [0.25, 0.3) is 0 Å². The van der Waals surface area contributed by atoms with Crippen molar-refractivity contribution in [3.8, 4) is 50.8 Å². The minimum absolute atomic E-state index is 0. The molecule has 0 N–H and O–H groups in total. The molecule has 0 unspecified atom stereocenters. The standard InChI is InChI=1S/C51H56N5OSi.C14H7F7N.Ir/c1-30(2)39-27-34(32-21-24-35(25-22-32)58(11,12)13)28-40(31(3)4)44(39)56-42-20-15-14-19-41(42)52-47(56)38-18-16-17-37-36-26-23-33(29-43(36)57-45(37)38)46-53-48(50(5,6)7)55-49(54-46)51(8,9)10;15-12(13(16,17)18,14(19,20)21)10-6-7-22-11(8-10)9-4-2-1-3-5-9;/h14-17,19-31H,1-13H3;1-4,6-8H;/q2*-1;. The molecule has 10 rings (SSSR count). The van der Waals surface area contributed by atoms with Crippen LogP contribution in [-0.4, -0.2) is 49.9 Å². The maximum absolute atomic E-state index is 13.9. The van der Waals surface area contributed by atoms with E-state index in [0.717, 1.165) is 61.6 Å². The van der Waals surface area contributed by atoms with E-state index in [4.69, 9.17) is 24.4 Å². The summed E-state index contributed by atoms with van der Waals surface area (Å²) in [5, 5.41) is 3.51. The Bertz CT molecular complexity index is 3830. The SMILES string of the molecule is CC(C)c1cc(-c2ccc([Si](C)(C)C)cc2)cc(C(C)C)c1-n1c(-c2[c-]ccc3c2oc2cc(-c4nc(C(C)(C)C)nc(C(C)(C)C)n4)ccc23)nc2ccccc21.FC(F)(F)C(F)(c1ccnc(-c2[c-]cccc2)c1)C(F)(F)F.[Ir]. The number of aromatic nitrogens is 6. The van der Waals surface area contributed by atoms with E-state index in [2.05, 4.69) is 195 Å². The van der Waals surface area contributed by atoms with Gasteiger partial charge in [-0.15, -0.1) is 54.1 Å². The molecule has 16 heteroatoms. The number of furan rings is 1. The van der Waals surface area contributed by atoms with Crippen molar-refractivity contribution in [3.63, 3.8) is 0 Å². The fourth-order valence-electron chi connectivity index (χ4n) is 9.62. The maximum atomic E-state index is 13.9. The van der Waals surface area contributed by atoms with Crippen LogP contribution < -0.4 is 5.19 Å². The largest absolute Gasteiger partial charge is 0.501 e. The summed E-state index contributed by atoms with van der Waals surface area (Å²) in [5.74, 6) is 3.51. The Hall–Kier alpha value is -6.87. The molecular formula is C65H63F7IrN6OSi-2. The molecule has 7 nitrogen and oxygen atoms in total. The third-order valence-corrected chi connectivity index (χ3v) is 16.2. The van der Waals surface area contributed by atoms with Gasteiger partial charge in [-0.1, -0.05) is 160 Å². The van der Waals surface area contributed by atoms with Gasteiger partial charge in [0.2, 0.25) is 0 Å². The second-order valence-corrected chi connectivity index (χ2v) is 29.1. The Morgan fingerprint density at radius 2 is 1.17 bits per heavy atom. The smallest absolute Gasteiger partial charge is 0.435 e. The van der Waals surface area contributed by atoms with Crippen LogP contribution in [0.4, 0.5) is 30.7 Å². The number of hydrogen-bond acceptors (Lipinski definition) is 6. The van der Waals surface area contributed by atoms with E-state index in [0.29, 0.717) is 24.2 Å². The minimum atomic E-state index is -6.15. The zero-order chi connectivity index (χ0) is 58.1.